The van der Waals surface area contributed by atoms with Gasteiger partial charge >= 0.3 is 6.18 Å². The zero-order chi connectivity index (χ0) is 22.0. The van der Waals surface area contributed by atoms with Crippen LogP contribution in [-0.4, -0.2) is 50.3 Å². The zero-order valence-electron chi connectivity index (χ0n) is 17.1. The number of hydrogen-bond acceptors (Lipinski definition) is 4. The summed E-state index contributed by atoms with van der Waals surface area (Å²) in [5, 5.41) is 8.86. The first kappa shape index (κ1) is 26.5. The summed E-state index contributed by atoms with van der Waals surface area (Å²) in [5.41, 5.74) is 2.38. The van der Waals surface area contributed by atoms with Gasteiger partial charge in [0, 0.05) is 45.0 Å². The molecule has 0 aliphatic carbocycles. The minimum Gasteiger partial charge on any atom is -0.468 e. The second-order valence-electron chi connectivity index (χ2n) is 6.29. The Morgan fingerprint density at radius 3 is 2.55 bits per heavy atom. The van der Waals surface area contributed by atoms with Crippen molar-refractivity contribution >= 4 is 35.8 Å². The summed E-state index contributed by atoms with van der Waals surface area (Å²) in [6.45, 7) is -0.391. The number of aromatic nitrogens is 1. The molecule has 7 nitrogen and oxygen atoms in total. The van der Waals surface area contributed by atoms with Crippen LogP contribution in [0.1, 0.15) is 21.5 Å². The van der Waals surface area contributed by atoms with Gasteiger partial charge < -0.3 is 20.7 Å². The molecule has 3 N–H and O–H groups in total. The lowest BCUT2D eigenvalue weighted by atomic mass is 10.1. The Balaban J connectivity index is 0.00000480. The van der Waals surface area contributed by atoms with Crippen LogP contribution in [0.3, 0.4) is 0 Å². The third-order valence-electron chi connectivity index (χ3n) is 3.99. The number of nitrogens with one attached hydrogen (secondary N) is 3. The standard InChI is InChI=1S/C20H24F3N5O2.HI/c1-24-18(29)16-5-3-4-14(10-16)8-9-26-19(25-2)28-12-15-6-7-17(27-11-15)30-13-20(21,22)23;/h3-7,10-11H,8-9,12-13H2,1-2H3,(H,24,29)(H2,25,26,28);1H. The first-order valence-electron chi connectivity index (χ1n) is 9.20. The number of alkyl halides is 3. The number of halogens is 4. The molecule has 0 atom stereocenters. The van der Waals surface area contributed by atoms with Crippen molar-refractivity contribution in [1.29, 1.82) is 0 Å². The molecule has 1 aromatic carbocycles. The fourth-order valence-corrected chi connectivity index (χ4v) is 2.50. The molecule has 170 valence electrons. The van der Waals surface area contributed by atoms with Crippen molar-refractivity contribution in [2.24, 2.45) is 4.99 Å². The lowest BCUT2D eigenvalue weighted by Crippen LogP contribution is -2.37. The van der Waals surface area contributed by atoms with Gasteiger partial charge in [0.2, 0.25) is 5.88 Å². The predicted molar refractivity (Wildman–Crippen MR) is 123 cm³/mol. The van der Waals surface area contributed by atoms with Crippen LogP contribution in [0.5, 0.6) is 5.88 Å². The normalized spacial score (nSPS) is 11.3. The van der Waals surface area contributed by atoms with E-state index in [2.05, 4.69) is 30.7 Å². The molecule has 0 bridgehead atoms. The van der Waals surface area contributed by atoms with Gasteiger partial charge in [-0.1, -0.05) is 18.2 Å². The first-order chi connectivity index (χ1) is 14.3. The maximum Gasteiger partial charge on any atom is 0.422 e. The molecule has 0 aliphatic heterocycles. The van der Waals surface area contributed by atoms with Gasteiger partial charge in [-0.3, -0.25) is 9.79 Å². The number of ether oxygens (including phenoxy) is 1. The Hall–Kier alpha value is -2.57. The largest absolute Gasteiger partial charge is 0.468 e. The minimum absolute atomic E-state index is 0. The summed E-state index contributed by atoms with van der Waals surface area (Å²) < 4.78 is 41.0. The number of guanidine groups is 1. The van der Waals surface area contributed by atoms with Gasteiger partial charge in [-0.15, -0.1) is 24.0 Å². The summed E-state index contributed by atoms with van der Waals surface area (Å²) in [4.78, 5) is 19.7. The van der Waals surface area contributed by atoms with Crippen molar-refractivity contribution in [3.05, 3.63) is 59.3 Å². The average molecular weight is 551 g/mol. The molecule has 1 aromatic heterocycles. The van der Waals surface area contributed by atoms with Gasteiger partial charge in [-0.2, -0.15) is 13.2 Å². The molecular formula is C20H25F3IN5O2. The van der Waals surface area contributed by atoms with Gasteiger partial charge in [0.25, 0.3) is 5.91 Å². The van der Waals surface area contributed by atoms with Crippen LogP contribution in [0.2, 0.25) is 0 Å². The molecule has 0 saturated heterocycles. The van der Waals surface area contributed by atoms with E-state index < -0.39 is 12.8 Å². The molecule has 11 heteroatoms. The third-order valence-corrected chi connectivity index (χ3v) is 3.99. The number of pyridine rings is 1. The van der Waals surface area contributed by atoms with E-state index in [4.69, 9.17) is 0 Å². The highest BCUT2D eigenvalue weighted by Crippen LogP contribution is 2.17. The zero-order valence-corrected chi connectivity index (χ0v) is 19.5. The van der Waals surface area contributed by atoms with Gasteiger partial charge in [0.1, 0.15) is 0 Å². The Bertz CT molecular complexity index is 861. The van der Waals surface area contributed by atoms with Gasteiger partial charge in [-0.25, -0.2) is 4.98 Å². The molecule has 0 spiro atoms. The lowest BCUT2D eigenvalue weighted by molar-refractivity contribution is -0.154. The van der Waals surface area contributed by atoms with E-state index in [0.717, 1.165) is 11.1 Å². The van der Waals surface area contributed by atoms with Crippen LogP contribution < -0.4 is 20.7 Å². The third kappa shape index (κ3) is 9.85. The Morgan fingerprint density at radius 1 is 1.16 bits per heavy atom. The number of nitrogens with zero attached hydrogens (tertiary/aromatic N) is 2. The van der Waals surface area contributed by atoms with Crippen molar-refractivity contribution in [2.45, 2.75) is 19.1 Å². The monoisotopic (exact) mass is 551 g/mol. The average Bonchev–Trinajstić information content (AvgIpc) is 2.74. The number of aliphatic imine (C=N–C) groups is 1. The molecular weight excluding hydrogens is 526 g/mol. The van der Waals surface area contributed by atoms with E-state index in [9.17, 15) is 18.0 Å². The number of amides is 1. The number of carbonyl (C=O) groups excluding carboxylic acids is 1. The van der Waals surface area contributed by atoms with E-state index in [1.807, 2.05) is 18.2 Å². The fraction of sp³-hybridized carbons (Fsp3) is 0.350. The molecule has 31 heavy (non-hydrogen) atoms. The minimum atomic E-state index is -4.40. The van der Waals surface area contributed by atoms with E-state index in [1.54, 1.807) is 26.2 Å². The number of rotatable bonds is 8. The summed E-state index contributed by atoms with van der Waals surface area (Å²) in [7, 11) is 3.22. The molecule has 2 aromatic rings. The summed E-state index contributed by atoms with van der Waals surface area (Å²) >= 11 is 0. The van der Waals surface area contributed by atoms with Crippen molar-refractivity contribution in [3.8, 4) is 5.88 Å². The van der Waals surface area contributed by atoms with Crippen molar-refractivity contribution < 1.29 is 22.7 Å². The first-order valence-corrected chi connectivity index (χ1v) is 9.20. The molecule has 2 rings (SSSR count). The highest BCUT2D eigenvalue weighted by atomic mass is 127. The van der Waals surface area contributed by atoms with Crippen LogP contribution in [0, 0.1) is 0 Å². The second kappa shape index (κ2) is 13.0. The summed E-state index contributed by atoms with van der Waals surface area (Å²) in [5.74, 6) is 0.346. The van der Waals surface area contributed by atoms with Crippen molar-refractivity contribution in [2.75, 3.05) is 27.2 Å². The summed E-state index contributed by atoms with van der Waals surface area (Å²) in [6.07, 6.45) is -2.27. The van der Waals surface area contributed by atoms with Gasteiger partial charge in [0.05, 0.1) is 0 Å². The van der Waals surface area contributed by atoms with Crippen LogP contribution in [-0.2, 0) is 13.0 Å². The van der Waals surface area contributed by atoms with Crippen molar-refractivity contribution in [3.63, 3.8) is 0 Å². The highest BCUT2D eigenvalue weighted by Gasteiger charge is 2.28. The van der Waals surface area contributed by atoms with Crippen molar-refractivity contribution in [1.82, 2.24) is 20.9 Å². The number of benzene rings is 1. The second-order valence-corrected chi connectivity index (χ2v) is 6.29. The smallest absolute Gasteiger partial charge is 0.422 e. The molecule has 0 fully saturated rings. The van der Waals surface area contributed by atoms with Crippen LogP contribution in [0.4, 0.5) is 13.2 Å². The van der Waals surface area contributed by atoms with E-state index in [1.165, 1.54) is 12.3 Å². The predicted octanol–water partition coefficient (Wildman–Crippen LogP) is 2.91. The van der Waals surface area contributed by atoms with E-state index in [0.29, 0.717) is 31.0 Å². The van der Waals surface area contributed by atoms with Crippen LogP contribution in [0.15, 0.2) is 47.6 Å². The quantitative estimate of drug-likeness (QED) is 0.267. The molecule has 1 amide bonds. The van der Waals surface area contributed by atoms with Gasteiger partial charge in [-0.05, 0) is 29.7 Å². The molecule has 1 heterocycles. The van der Waals surface area contributed by atoms with E-state index in [-0.39, 0.29) is 35.8 Å². The number of hydrogen-bond donors (Lipinski definition) is 3. The Morgan fingerprint density at radius 2 is 1.94 bits per heavy atom. The van der Waals surface area contributed by atoms with Crippen LogP contribution >= 0.6 is 24.0 Å². The van der Waals surface area contributed by atoms with Crippen LogP contribution in [0.25, 0.3) is 0 Å². The Labute approximate surface area is 195 Å². The summed E-state index contributed by atoms with van der Waals surface area (Å²) in [6, 6.07) is 10.4. The highest BCUT2D eigenvalue weighted by molar-refractivity contribution is 14.0. The molecule has 0 saturated carbocycles. The topological polar surface area (TPSA) is 87.6 Å². The van der Waals surface area contributed by atoms with Gasteiger partial charge in [0.15, 0.2) is 12.6 Å². The van der Waals surface area contributed by atoms with E-state index >= 15 is 0 Å². The fourth-order valence-electron chi connectivity index (χ4n) is 2.50. The lowest BCUT2D eigenvalue weighted by Gasteiger charge is -2.13. The number of carbonyl (C=O) groups is 1. The molecule has 0 unspecified atom stereocenters. The Kier molecular flexibility index (Phi) is 11.1. The SMILES string of the molecule is CN=C(NCCc1cccc(C(=O)NC)c1)NCc1ccc(OCC(F)(F)F)nc1.I. The maximum absolute atomic E-state index is 12.2. The maximum atomic E-state index is 12.2. The molecule has 0 aliphatic rings. The molecule has 0 radical (unpaired) electrons.